The lowest BCUT2D eigenvalue weighted by atomic mass is 10.0. The van der Waals surface area contributed by atoms with Crippen molar-refractivity contribution in [2.75, 3.05) is 0 Å². The molecule has 0 amide bonds. The third-order valence-electron chi connectivity index (χ3n) is 2.74. The van der Waals surface area contributed by atoms with Gasteiger partial charge in [-0.05, 0) is 34.9 Å². The first-order valence-corrected chi connectivity index (χ1v) is 6.94. The van der Waals surface area contributed by atoms with E-state index in [0.29, 0.717) is 15.9 Å². The Bertz CT molecular complexity index is 576. The molecule has 0 heterocycles. The molecule has 0 radical (unpaired) electrons. The summed E-state index contributed by atoms with van der Waals surface area (Å²) in [7, 11) is 0. The van der Waals surface area contributed by atoms with E-state index in [9.17, 15) is 13.2 Å². The van der Waals surface area contributed by atoms with Gasteiger partial charge in [-0.25, -0.2) is 0 Å². The fourth-order valence-corrected chi connectivity index (χ4v) is 2.58. The van der Waals surface area contributed by atoms with E-state index < -0.39 is 11.7 Å². The summed E-state index contributed by atoms with van der Waals surface area (Å²) in [4.78, 5) is 0. The first-order valence-electron chi connectivity index (χ1n) is 5.44. The fourth-order valence-electron chi connectivity index (χ4n) is 1.69. The fraction of sp³-hybridized carbons (Fsp3) is 0.143. The van der Waals surface area contributed by atoms with Crippen molar-refractivity contribution in [1.82, 2.24) is 0 Å². The van der Waals surface area contributed by atoms with Crippen molar-refractivity contribution in [1.29, 1.82) is 0 Å². The predicted octanol–water partition coefficient (Wildman–Crippen LogP) is 5.92. The normalized spacial score (nSPS) is 11.6. The minimum absolute atomic E-state index is 0.592. The lowest BCUT2D eigenvalue weighted by Crippen LogP contribution is -2.03. The lowest BCUT2D eigenvalue weighted by molar-refractivity contribution is -0.137. The van der Waals surface area contributed by atoms with E-state index in [4.69, 9.17) is 11.6 Å². The SMILES string of the molecule is FC(F)(F)c1ccc(-c2ccc(CBr)c(Cl)c2)cc1. The van der Waals surface area contributed by atoms with Crippen molar-refractivity contribution in [3.63, 3.8) is 0 Å². The highest BCUT2D eigenvalue weighted by molar-refractivity contribution is 9.08. The first kappa shape index (κ1) is 14.4. The third-order valence-corrected chi connectivity index (χ3v) is 3.70. The monoisotopic (exact) mass is 348 g/mol. The molecule has 0 spiro atoms. The Morgan fingerprint density at radius 3 is 2.00 bits per heavy atom. The molecule has 19 heavy (non-hydrogen) atoms. The summed E-state index contributed by atoms with van der Waals surface area (Å²) >= 11 is 9.38. The van der Waals surface area contributed by atoms with E-state index in [0.717, 1.165) is 23.3 Å². The summed E-state index contributed by atoms with van der Waals surface area (Å²) in [5.41, 5.74) is 1.79. The van der Waals surface area contributed by atoms with E-state index in [2.05, 4.69) is 15.9 Å². The molecule has 0 aliphatic carbocycles. The quantitative estimate of drug-likeness (QED) is 0.590. The Balaban J connectivity index is 2.35. The van der Waals surface area contributed by atoms with Gasteiger partial charge in [0.15, 0.2) is 0 Å². The van der Waals surface area contributed by atoms with Crippen LogP contribution < -0.4 is 0 Å². The van der Waals surface area contributed by atoms with Crippen LogP contribution in [-0.2, 0) is 11.5 Å². The zero-order chi connectivity index (χ0) is 14.0. The van der Waals surface area contributed by atoms with Gasteiger partial charge in [-0.1, -0.05) is 51.8 Å². The van der Waals surface area contributed by atoms with E-state index in [-0.39, 0.29) is 0 Å². The number of rotatable bonds is 2. The van der Waals surface area contributed by atoms with Gasteiger partial charge in [0.1, 0.15) is 0 Å². The molecule has 0 N–H and O–H groups in total. The second-order valence-electron chi connectivity index (χ2n) is 4.01. The third kappa shape index (κ3) is 3.31. The van der Waals surface area contributed by atoms with Crippen LogP contribution in [0.15, 0.2) is 42.5 Å². The smallest absolute Gasteiger partial charge is 0.166 e. The summed E-state index contributed by atoms with van der Waals surface area (Å²) in [6.45, 7) is 0. The maximum Gasteiger partial charge on any atom is 0.416 e. The van der Waals surface area contributed by atoms with Crippen LogP contribution in [0.5, 0.6) is 0 Å². The number of benzene rings is 2. The van der Waals surface area contributed by atoms with Gasteiger partial charge in [-0.3, -0.25) is 0 Å². The minimum Gasteiger partial charge on any atom is -0.166 e. The van der Waals surface area contributed by atoms with E-state index in [1.165, 1.54) is 12.1 Å². The highest BCUT2D eigenvalue weighted by atomic mass is 79.9. The molecule has 2 rings (SSSR count). The molecule has 0 aliphatic heterocycles. The summed E-state index contributed by atoms with van der Waals surface area (Å²) in [5.74, 6) is 0. The van der Waals surface area contributed by atoms with E-state index in [1.807, 2.05) is 12.1 Å². The molecule has 0 nitrogen and oxygen atoms in total. The van der Waals surface area contributed by atoms with Crippen molar-refractivity contribution >= 4 is 27.5 Å². The molecule has 2 aromatic carbocycles. The standard InChI is InChI=1S/C14H9BrClF3/c15-8-11-2-1-10(7-13(11)16)9-3-5-12(6-4-9)14(17,18)19/h1-7H,8H2. The van der Waals surface area contributed by atoms with Crippen LogP contribution in [-0.4, -0.2) is 0 Å². The van der Waals surface area contributed by atoms with Gasteiger partial charge in [0.25, 0.3) is 0 Å². The van der Waals surface area contributed by atoms with Crippen LogP contribution >= 0.6 is 27.5 Å². The number of halogens is 5. The molecule has 0 aromatic heterocycles. The van der Waals surface area contributed by atoms with Crippen molar-refractivity contribution in [3.05, 3.63) is 58.6 Å². The molecule has 0 aliphatic rings. The molecule has 0 unspecified atom stereocenters. The minimum atomic E-state index is -4.31. The molecule has 0 bridgehead atoms. The van der Waals surface area contributed by atoms with Crippen molar-refractivity contribution in [2.45, 2.75) is 11.5 Å². The van der Waals surface area contributed by atoms with Crippen LogP contribution in [0.4, 0.5) is 13.2 Å². The topological polar surface area (TPSA) is 0 Å². The molecular weight excluding hydrogens is 341 g/mol. The zero-order valence-electron chi connectivity index (χ0n) is 9.64. The largest absolute Gasteiger partial charge is 0.416 e. The van der Waals surface area contributed by atoms with Gasteiger partial charge < -0.3 is 0 Å². The van der Waals surface area contributed by atoms with Gasteiger partial charge in [0.2, 0.25) is 0 Å². The highest BCUT2D eigenvalue weighted by Crippen LogP contribution is 2.32. The van der Waals surface area contributed by atoms with Gasteiger partial charge in [0.05, 0.1) is 5.56 Å². The zero-order valence-corrected chi connectivity index (χ0v) is 12.0. The van der Waals surface area contributed by atoms with E-state index >= 15 is 0 Å². The van der Waals surface area contributed by atoms with Gasteiger partial charge in [-0.2, -0.15) is 13.2 Å². The number of hydrogen-bond acceptors (Lipinski definition) is 0. The molecule has 0 saturated heterocycles. The van der Waals surface area contributed by atoms with Crippen LogP contribution in [0.1, 0.15) is 11.1 Å². The first-order chi connectivity index (χ1) is 8.91. The Hall–Kier alpha value is -1.00. The van der Waals surface area contributed by atoms with Gasteiger partial charge in [0, 0.05) is 10.4 Å². The maximum atomic E-state index is 12.5. The van der Waals surface area contributed by atoms with Crippen LogP contribution in [0.2, 0.25) is 5.02 Å². The number of alkyl halides is 4. The van der Waals surface area contributed by atoms with Gasteiger partial charge in [-0.15, -0.1) is 0 Å². The molecular formula is C14H9BrClF3. The van der Waals surface area contributed by atoms with Crippen molar-refractivity contribution in [2.24, 2.45) is 0 Å². The summed E-state index contributed by atoms with van der Waals surface area (Å²) < 4.78 is 37.4. The molecule has 2 aromatic rings. The second kappa shape index (κ2) is 5.55. The summed E-state index contributed by atoms with van der Waals surface area (Å²) in [6, 6.07) is 10.5. The maximum absolute atomic E-state index is 12.5. The predicted molar refractivity (Wildman–Crippen MR) is 74.5 cm³/mol. The van der Waals surface area contributed by atoms with Crippen molar-refractivity contribution < 1.29 is 13.2 Å². The molecule has 0 atom stereocenters. The Labute approximate surface area is 122 Å². The van der Waals surface area contributed by atoms with Crippen LogP contribution in [0, 0.1) is 0 Å². The van der Waals surface area contributed by atoms with Crippen LogP contribution in [0.25, 0.3) is 11.1 Å². The lowest BCUT2D eigenvalue weighted by Gasteiger charge is -2.09. The van der Waals surface area contributed by atoms with E-state index in [1.54, 1.807) is 6.07 Å². The molecule has 0 saturated carbocycles. The Kier molecular flexibility index (Phi) is 4.21. The Morgan fingerprint density at radius 1 is 0.947 bits per heavy atom. The highest BCUT2D eigenvalue weighted by Gasteiger charge is 2.29. The molecule has 0 fully saturated rings. The van der Waals surface area contributed by atoms with Gasteiger partial charge >= 0.3 is 6.18 Å². The average Bonchev–Trinajstić information content (AvgIpc) is 2.38. The Morgan fingerprint density at radius 2 is 1.53 bits per heavy atom. The summed E-state index contributed by atoms with van der Waals surface area (Å²) in [5, 5.41) is 1.23. The summed E-state index contributed by atoms with van der Waals surface area (Å²) in [6.07, 6.45) is -4.31. The molecule has 5 heteroatoms. The molecule has 100 valence electrons. The number of hydrogen-bond donors (Lipinski definition) is 0. The second-order valence-corrected chi connectivity index (χ2v) is 4.98. The van der Waals surface area contributed by atoms with Crippen molar-refractivity contribution in [3.8, 4) is 11.1 Å². The van der Waals surface area contributed by atoms with Crippen LogP contribution in [0.3, 0.4) is 0 Å². The average molecular weight is 350 g/mol.